The smallest absolute Gasteiger partial charge is 0.414 e. The molecular formula is C31H49N3O6. The normalized spacial score (nSPS) is 26.4. The summed E-state index contributed by atoms with van der Waals surface area (Å²) < 4.78 is 5.98. The molecule has 0 aliphatic carbocycles. The lowest BCUT2D eigenvalue weighted by Gasteiger charge is -2.53. The first kappa shape index (κ1) is 32.0. The quantitative estimate of drug-likeness (QED) is 0.346. The van der Waals surface area contributed by atoms with Gasteiger partial charge in [-0.15, -0.1) is 0 Å². The lowest BCUT2D eigenvalue weighted by molar-refractivity contribution is -0.161. The average Bonchev–Trinajstić information content (AvgIpc) is 2.95. The number of esters is 1. The minimum absolute atomic E-state index is 0.0152. The van der Waals surface area contributed by atoms with Gasteiger partial charge in [-0.05, 0) is 77.3 Å². The number of carbonyl (C=O) groups excluding carboxylic acids is 1. The summed E-state index contributed by atoms with van der Waals surface area (Å²) in [7, 11) is 0. The number of carboxylic acids is 2. The van der Waals surface area contributed by atoms with Gasteiger partial charge in [0.1, 0.15) is 5.41 Å². The number of benzene rings is 1. The van der Waals surface area contributed by atoms with Crippen LogP contribution in [-0.2, 0) is 24.5 Å². The monoisotopic (exact) mass is 559 g/mol. The van der Waals surface area contributed by atoms with Crippen molar-refractivity contribution < 1.29 is 29.3 Å². The second-order valence-corrected chi connectivity index (χ2v) is 11.4. The molecule has 0 amide bonds. The molecule has 4 rings (SSSR count). The Morgan fingerprint density at radius 1 is 0.775 bits per heavy atom. The van der Waals surface area contributed by atoms with Crippen LogP contribution in [0.5, 0.6) is 0 Å². The van der Waals surface area contributed by atoms with Crippen molar-refractivity contribution >= 4 is 17.9 Å². The van der Waals surface area contributed by atoms with E-state index >= 15 is 0 Å². The molecule has 3 saturated heterocycles. The third-order valence-corrected chi connectivity index (χ3v) is 8.69. The molecule has 3 aliphatic heterocycles. The van der Waals surface area contributed by atoms with Crippen molar-refractivity contribution in [3.05, 3.63) is 35.9 Å². The maximum Gasteiger partial charge on any atom is 0.414 e. The minimum atomic E-state index is -1.82. The molecule has 3 fully saturated rings. The first-order valence-electron chi connectivity index (χ1n) is 15.2. The Morgan fingerprint density at radius 2 is 1.25 bits per heavy atom. The Bertz CT molecular complexity index is 888. The molecule has 2 unspecified atom stereocenters. The van der Waals surface area contributed by atoms with Crippen LogP contribution in [0.4, 0.5) is 0 Å². The molecule has 0 aromatic heterocycles. The van der Waals surface area contributed by atoms with Gasteiger partial charge in [0.25, 0.3) is 0 Å². The Kier molecular flexibility index (Phi) is 12.9. The molecule has 224 valence electrons. The van der Waals surface area contributed by atoms with Crippen molar-refractivity contribution in [3.63, 3.8) is 0 Å². The van der Waals surface area contributed by atoms with Gasteiger partial charge in [-0.25, -0.2) is 9.59 Å². The highest BCUT2D eigenvalue weighted by atomic mass is 16.5. The molecular weight excluding hydrogens is 510 g/mol. The van der Waals surface area contributed by atoms with Crippen LogP contribution in [0.2, 0.25) is 0 Å². The fourth-order valence-corrected chi connectivity index (χ4v) is 7.02. The Labute approximate surface area is 239 Å². The van der Waals surface area contributed by atoms with Gasteiger partial charge < -0.3 is 29.6 Å². The van der Waals surface area contributed by atoms with E-state index in [2.05, 4.69) is 52.0 Å². The van der Waals surface area contributed by atoms with E-state index in [0.29, 0.717) is 6.61 Å². The molecule has 0 bridgehead atoms. The molecule has 9 nitrogen and oxygen atoms in total. The standard InChI is InChI=1S/C29H47N3O2.C2H2O4/c1-3-16-32-23-26(21-30-17-10-6-11-18-30)29(28(33)34-4-2,25-14-8-5-9-15-25)27(24-32)22-31-19-12-7-13-20-31;3-1(4)2(5)6/h5,8-9,14-15,26-27H,3-4,6-7,10-13,16-24H2,1-2H3;(H,3,4)(H,5,6). The van der Waals surface area contributed by atoms with E-state index in [1.54, 1.807) is 0 Å². The average molecular weight is 560 g/mol. The zero-order valence-corrected chi connectivity index (χ0v) is 24.4. The van der Waals surface area contributed by atoms with Crippen molar-refractivity contribution in [3.8, 4) is 0 Å². The van der Waals surface area contributed by atoms with Crippen LogP contribution in [0.15, 0.2) is 30.3 Å². The summed E-state index contributed by atoms with van der Waals surface area (Å²) in [5.41, 5.74) is 0.588. The Balaban J connectivity index is 0.000000663. The van der Waals surface area contributed by atoms with Crippen LogP contribution < -0.4 is 0 Å². The molecule has 3 heterocycles. The molecule has 0 saturated carbocycles. The molecule has 0 spiro atoms. The van der Waals surface area contributed by atoms with Crippen LogP contribution in [0, 0.1) is 11.8 Å². The SMILES string of the molecule is CCCN1CC(CN2CCCCC2)C(C(=O)OCC)(c2ccccc2)C(CN2CCCCC2)C1.O=C(O)C(=O)O. The van der Waals surface area contributed by atoms with E-state index in [1.165, 1.54) is 44.1 Å². The van der Waals surface area contributed by atoms with Crippen LogP contribution in [0.25, 0.3) is 0 Å². The summed E-state index contributed by atoms with van der Waals surface area (Å²) in [5.74, 6) is -3.16. The number of aliphatic carboxylic acids is 2. The molecule has 40 heavy (non-hydrogen) atoms. The zero-order valence-electron chi connectivity index (χ0n) is 24.4. The molecule has 9 heteroatoms. The maximum absolute atomic E-state index is 14.2. The van der Waals surface area contributed by atoms with E-state index in [0.717, 1.165) is 65.3 Å². The third kappa shape index (κ3) is 8.27. The lowest BCUT2D eigenvalue weighted by Crippen LogP contribution is -2.65. The van der Waals surface area contributed by atoms with Crippen molar-refractivity contribution in [1.82, 2.24) is 14.7 Å². The van der Waals surface area contributed by atoms with Gasteiger partial charge in [0.15, 0.2) is 0 Å². The van der Waals surface area contributed by atoms with Gasteiger partial charge in [0, 0.05) is 38.0 Å². The number of hydrogen-bond donors (Lipinski definition) is 2. The molecule has 2 N–H and O–H groups in total. The first-order chi connectivity index (χ1) is 19.3. The van der Waals surface area contributed by atoms with Gasteiger partial charge in [-0.3, -0.25) is 4.79 Å². The summed E-state index contributed by atoms with van der Waals surface area (Å²) in [5, 5.41) is 14.8. The first-order valence-corrected chi connectivity index (χ1v) is 15.2. The Hall–Kier alpha value is -2.49. The van der Waals surface area contributed by atoms with E-state index in [-0.39, 0.29) is 17.8 Å². The number of rotatable bonds is 9. The highest BCUT2D eigenvalue weighted by molar-refractivity contribution is 6.27. The number of piperidine rings is 3. The van der Waals surface area contributed by atoms with Crippen LogP contribution >= 0.6 is 0 Å². The zero-order chi connectivity index (χ0) is 29.0. The lowest BCUT2D eigenvalue weighted by atomic mass is 9.59. The van der Waals surface area contributed by atoms with E-state index in [1.807, 2.05) is 6.92 Å². The fourth-order valence-electron chi connectivity index (χ4n) is 7.02. The van der Waals surface area contributed by atoms with E-state index in [9.17, 15) is 4.79 Å². The summed E-state index contributed by atoms with van der Waals surface area (Å²) >= 11 is 0. The molecule has 1 aromatic carbocycles. The predicted molar refractivity (Wildman–Crippen MR) is 154 cm³/mol. The van der Waals surface area contributed by atoms with Crippen molar-refractivity contribution in [2.75, 3.05) is 65.5 Å². The fraction of sp³-hybridized carbons (Fsp3) is 0.710. The Morgan fingerprint density at radius 3 is 1.65 bits per heavy atom. The minimum Gasteiger partial charge on any atom is -0.473 e. The molecule has 2 atom stereocenters. The van der Waals surface area contributed by atoms with Gasteiger partial charge in [-0.1, -0.05) is 50.1 Å². The largest absolute Gasteiger partial charge is 0.473 e. The number of likely N-dealkylation sites (tertiary alicyclic amines) is 3. The number of ether oxygens (including phenoxy) is 1. The van der Waals surface area contributed by atoms with Crippen molar-refractivity contribution in [2.45, 2.75) is 64.2 Å². The molecule has 0 radical (unpaired) electrons. The second kappa shape index (κ2) is 16.1. The van der Waals surface area contributed by atoms with Crippen LogP contribution in [0.1, 0.15) is 64.4 Å². The van der Waals surface area contributed by atoms with E-state index < -0.39 is 17.4 Å². The van der Waals surface area contributed by atoms with Crippen LogP contribution in [0.3, 0.4) is 0 Å². The number of carbonyl (C=O) groups is 3. The number of nitrogens with zero attached hydrogens (tertiary/aromatic N) is 3. The van der Waals surface area contributed by atoms with E-state index in [4.69, 9.17) is 24.5 Å². The predicted octanol–water partition coefficient (Wildman–Crippen LogP) is 3.57. The molecule has 3 aliphatic rings. The second-order valence-electron chi connectivity index (χ2n) is 11.4. The maximum atomic E-state index is 14.2. The highest BCUT2D eigenvalue weighted by Gasteiger charge is 2.57. The van der Waals surface area contributed by atoms with Crippen molar-refractivity contribution in [1.29, 1.82) is 0 Å². The highest BCUT2D eigenvalue weighted by Crippen LogP contribution is 2.46. The van der Waals surface area contributed by atoms with Gasteiger partial charge in [0.2, 0.25) is 0 Å². The van der Waals surface area contributed by atoms with Gasteiger partial charge >= 0.3 is 17.9 Å². The molecule has 1 aromatic rings. The summed E-state index contributed by atoms with van der Waals surface area (Å²) in [6, 6.07) is 10.7. The third-order valence-electron chi connectivity index (χ3n) is 8.69. The van der Waals surface area contributed by atoms with Gasteiger partial charge in [0.05, 0.1) is 6.61 Å². The summed E-state index contributed by atoms with van der Waals surface area (Å²) in [4.78, 5) is 40.3. The van der Waals surface area contributed by atoms with Gasteiger partial charge in [-0.2, -0.15) is 0 Å². The van der Waals surface area contributed by atoms with Crippen molar-refractivity contribution in [2.24, 2.45) is 11.8 Å². The number of carboxylic acid groups (broad SMARTS) is 2. The topological polar surface area (TPSA) is 111 Å². The summed E-state index contributed by atoms with van der Waals surface area (Å²) in [6.45, 7) is 14.4. The van der Waals surface area contributed by atoms with Crippen LogP contribution in [-0.4, -0.2) is 108 Å². The summed E-state index contributed by atoms with van der Waals surface area (Å²) in [6.07, 6.45) is 8.94. The number of hydrogen-bond acceptors (Lipinski definition) is 7.